The maximum absolute atomic E-state index is 12.3. The van der Waals surface area contributed by atoms with E-state index < -0.39 is 0 Å². The minimum absolute atomic E-state index is 0.264. The van der Waals surface area contributed by atoms with Gasteiger partial charge in [0.2, 0.25) is 0 Å². The van der Waals surface area contributed by atoms with Crippen LogP contribution in [0.2, 0.25) is 0 Å². The molecule has 0 saturated heterocycles. The Morgan fingerprint density at radius 2 is 2.00 bits per heavy atom. The standard InChI is InChI=1S/C19H21NO3S/c1-24-14-23-18-8-7-16-9-10-20(12-17(16)11-18)19(21)22-13-15-5-3-2-4-6-15/h2-8,11H,9-10,12-14H2,1H3. The predicted molar refractivity (Wildman–Crippen MR) is 96.2 cm³/mol. The Kier molecular flexibility index (Phi) is 5.64. The second kappa shape index (κ2) is 8.11. The van der Waals surface area contributed by atoms with Crippen molar-refractivity contribution >= 4 is 17.9 Å². The molecule has 126 valence electrons. The van der Waals surface area contributed by atoms with Crippen molar-refractivity contribution < 1.29 is 14.3 Å². The summed E-state index contributed by atoms with van der Waals surface area (Å²) in [4.78, 5) is 14.1. The molecule has 0 spiro atoms. The lowest BCUT2D eigenvalue weighted by molar-refractivity contribution is 0.0918. The van der Waals surface area contributed by atoms with Crippen molar-refractivity contribution in [2.24, 2.45) is 0 Å². The van der Waals surface area contributed by atoms with Gasteiger partial charge in [0.15, 0.2) is 0 Å². The van der Waals surface area contributed by atoms with Crippen LogP contribution in [0, 0.1) is 0 Å². The number of hydrogen-bond acceptors (Lipinski definition) is 4. The van der Waals surface area contributed by atoms with Crippen LogP contribution in [0.5, 0.6) is 5.75 Å². The molecule has 2 aromatic rings. The van der Waals surface area contributed by atoms with Crippen LogP contribution in [0.1, 0.15) is 16.7 Å². The minimum Gasteiger partial charge on any atom is -0.483 e. The van der Waals surface area contributed by atoms with Crippen LogP contribution in [0.15, 0.2) is 48.5 Å². The van der Waals surface area contributed by atoms with E-state index in [9.17, 15) is 4.79 Å². The van der Waals surface area contributed by atoms with Gasteiger partial charge in [0.1, 0.15) is 18.3 Å². The second-order valence-corrected chi connectivity index (χ2v) is 6.51. The van der Waals surface area contributed by atoms with Gasteiger partial charge in [-0.2, -0.15) is 0 Å². The lowest BCUT2D eigenvalue weighted by Gasteiger charge is -2.28. The predicted octanol–water partition coefficient (Wildman–Crippen LogP) is 4.08. The van der Waals surface area contributed by atoms with E-state index in [1.807, 2.05) is 48.7 Å². The van der Waals surface area contributed by atoms with E-state index in [-0.39, 0.29) is 6.09 Å². The normalized spacial score (nSPS) is 13.3. The number of rotatable bonds is 5. The molecule has 2 aromatic carbocycles. The fourth-order valence-electron chi connectivity index (χ4n) is 2.72. The Hall–Kier alpha value is -2.14. The molecule has 0 unspecified atom stereocenters. The molecule has 3 rings (SSSR count). The van der Waals surface area contributed by atoms with Gasteiger partial charge in [-0.25, -0.2) is 4.79 Å². The zero-order valence-corrected chi connectivity index (χ0v) is 14.6. The third-order valence-electron chi connectivity index (χ3n) is 4.00. The average Bonchev–Trinajstić information content (AvgIpc) is 2.64. The molecule has 0 N–H and O–H groups in total. The molecule has 1 amide bonds. The molecule has 4 nitrogen and oxygen atoms in total. The molecule has 0 radical (unpaired) electrons. The van der Waals surface area contributed by atoms with E-state index in [0.29, 0.717) is 25.6 Å². The molecule has 0 bridgehead atoms. The Morgan fingerprint density at radius 1 is 1.17 bits per heavy atom. The summed E-state index contributed by atoms with van der Waals surface area (Å²) in [6.07, 6.45) is 2.58. The van der Waals surface area contributed by atoms with E-state index in [1.165, 1.54) is 5.56 Å². The van der Waals surface area contributed by atoms with Crippen LogP contribution in [0.4, 0.5) is 4.79 Å². The highest BCUT2D eigenvalue weighted by atomic mass is 32.2. The van der Waals surface area contributed by atoms with Gasteiger partial charge in [-0.3, -0.25) is 0 Å². The van der Waals surface area contributed by atoms with Gasteiger partial charge in [0, 0.05) is 13.1 Å². The zero-order chi connectivity index (χ0) is 16.8. The summed E-state index contributed by atoms with van der Waals surface area (Å²) in [6.45, 7) is 1.56. The third kappa shape index (κ3) is 4.23. The van der Waals surface area contributed by atoms with Crippen LogP contribution >= 0.6 is 11.8 Å². The highest BCUT2D eigenvalue weighted by Crippen LogP contribution is 2.25. The Morgan fingerprint density at radius 3 is 2.79 bits per heavy atom. The number of carbonyl (C=O) groups excluding carboxylic acids is 1. The summed E-state index contributed by atoms with van der Waals surface area (Å²) in [7, 11) is 0. The monoisotopic (exact) mass is 343 g/mol. The number of carbonyl (C=O) groups is 1. The number of ether oxygens (including phenoxy) is 2. The van der Waals surface area contributed by atoms with Crippen molar-refractivity contribution in [2.45, 2.75) is 19.6 Å². The first-order chi connectivity index (χ1) is 11.8. The summed E-state index contributed by atoms with van der Waals surface area (Å²) in [6, 6.07) is 15.9. The maximum atomic E-state index is 12.3. The molecular formula is C19H21NO3S. The van der Waals surface area contributed by atoms with Crippen LogP contribution in [-0.4, -0.2) is 29.7 Å². The first-order valence-electron chi connectivity index (χ1n) is 7.95. The largest absolute Gasteiger partial charge is 0.483 e. The van der Waals surface area contributed by atoms with Crippen molar-refractivity contribution in [2.75, 3.05) is 18.7 Å². The van der Waals surface area contributed by atoms with Crippen molar-refractivity contribution in [1.82, 2.24) is 4.90 Å². The molecule has 0 saturated carbocycles. The number of hydrogen-bond donors (Lipinski definition) is 0. The Bertz CT molecular complexity index is 690. The van der Waals surface area contributed by atoms with Gasteiger partial charge in [-0.05, 0) is 41.5 Å². The smallest absolute Gasteiger partial charge is 0.410 e. The van der Waals surface area contributed by atoms with Crippen LogP contribution < -0.4 is 4.74 Å². The van der Waals surface area contributed by atoms with Crippen molar-refractivity contribution in [3.05, 3.63) is 65.2 Å². The van der Waals surface area contributed by atoms with E-state index in [1.54, 1.807) is 16.7 Å². The average molecular weight is 343 g/mol. The molecule has 5 heteroatoms. The molecular weight excluding hydrogens is 322 g/mol. The highest BCUT2D eigenvalue weighted by molar-refractivity contribution is 7.98. The molecule has 1 aliphatic rings. The molecule has 0 aromatic heterocycles. The van der Waals surface area contributed by atoms with E-state index in [2.05, 4.69) is 6.07 Å². The molecule has 0 fully saturated rings. The number of nitrogens with zero attached hydrogens (tertiary/aromatic N) is 1. The molecule has 1 aliphatic heterocycles. The number of thioether (sulfide) groups is 1. The first kappa shape index (κ1) is 16.7. The topological polar surface area (TPSA) is 38.8 Å². The van der Waals surface area contributed by atoms with Gasteiger partial charge in [-0.1, -0.05) is 36.4 Å². The highest BCUT2D eigenvalue weighted by Gasteiger charge is 2.22. The first-order valence-corrected chi connectivity index (χ1v) is 9.35. The van der Waals surface area contributed by atoms with E-state index in [0.717, 1.165) is 23.3 Å². The summed E-state index contributed by atoms with van der Waals surface area (Å²) in [5.74, 6) is 1.48. The van der Waals surface area contributed by atoms with E-state index in [4.69, 9.17) is 9.47 Å². The fraction of sp³-hybridized carbons (Fsp3) is 0.316. The maximum Gasteiger partial charge on any atom is 0.410 e. The van der Waals surface area contributed by atoms with Crippen LogP contribution in [0.25, 0.3) is 0 Å². The number of amides is 1. The van der Waals surface area contributed by atoms with Gasteiger partial charge < -0.3 is 14.4 Å². The molecule has 24 heavy (non-hydrogen) atoms. The second-order valence-electron chi connectivity index (χ2n) is 5.69. The summed E-state index contributed by atoms with van der Waals surface area (Å²) in [5.41, 5.74) is 3.41. The number of benzene rings is 2. The molecule has 0 aliphatic carbocycles. The fourth-order valence-corrected chi connectivity index (χ4v) is 2.97. The zero-order valence-electron chi connectivity index (χ0n) is 13.7. The van der Waals surface area contributed by atoms with Gasteiger partial charge in [0.25, 0.3) is 0 Å². The van der Waals surface area contributed by atoms with Crippen molar-refractivity contribution in [3.63, 3.8) is 0 Å². The summed E-state index contributed by atoms with van der Waals surface area (Å²) >= 11 is 1.64. The van der Waals surface area contributed by atoms with Gasteiger partial charge in [0.05, 0.1) is 0 Å². The summed E-state index contributed by atoms with van der Waals surface area (Å²) in [5, 5.41) is 0. The van der Waals surface area contributed by atoms with Gasteiger partial charge in [-0.15, -0.1) is 11.8 Å². The van der Waals surface area contributed by atoms with Gasteiger partial charge >= 0.3 is 6.09 Å². The molecule has 0 atom stereocenters. The van der Waals surface area contributed by atoms with Crippen LogP contribution in [0.3, 0.4) is 0 Å². The SMILES string of the molecule is CSCOc1ccc2c(c1)CN(C(=O)OCc1ccccc1)CC2. The lowest BCUT2D eigenvalue weighted by atomic mass is 10.00. The minimum atomic E-state index is -0.264. The third-order valence-corrected chi connectivity index (χ3v) is 4.35. The van der Waals surface area contributed by atoms with Crippen molar-refractivity contribution in [1.29, 1.82) is 0 Å². The Balaban J connectivity index is 1.60. The molecule has 1 heterocycles. The van der Waals surface area contributed by atoms with Crippen LogP contribution in [-0.2, 0) is 24.3 Å². The number of fused-ring (bicyclic) bond motifs is 1. The Labute approximate surface area is 146 Å². The lowest BCUT2D eigenvalue weighted by Crippen LogP contribution is -2.36. The summed E-state index contributed by atoms with van der Waals surface area (Å²) < 4.78 is 11.1. The van der Waals surface area contributed by atoms with E-state index >= 15 is 0 Å². The van der Waals surface area contributed by atoms with Crippen molar-refractivity contribution in [3.8, 4) is 5.75 Å². The quantitative estimate of drug-likeness (QED) is 0.767.